The Morgan fingerprint density at radius 3 is 2.71 bits per heavy atom. The molecule has 1 aromatic heterocycles. The molecule has 2 rings (SSSR count). The highest BCUT2D eigenvalue weighted by molar-refractivity contribution is 9.10. The van der Waals surface area contributed by atoms with E-state index in [0.717, 1.165) is 12.8 Å². The van der Waals surface area contributed by atoms with Crippen LogP contribution in [0.15, 0.2) is 11.1 Å². The molecule has 0 saturated heterocycles. The summed E-state index contributed by atoms with van der Waals surface area (Å²) in [5.74, 6) is 0. The molecule has 0 radical (unpaired) electrons. The Labute approximate surface area is 91.3 Å². The summed E-state index contributed by atoms with van der Waals surface area (Å²) >= 11 is 3.18. The maximum Gasteiger partial charge on any atom is 0.320 e. The van der Waals surface area contributed by atoms with Gasteiger partial charge < -0.3 is 4.74 Å². The van der Waals surface area contributed by atoms with Gasteiger partial charge in [0.25, 0.3) is 0 Å². The molecular weight excluding hydrogens is 246 g/mol. The number of ether oxygens (including phenoxy) is 1. The monoisotopic (exact) mass is 257 g/mol. The minimum atomic E-state index is 0.290. The predicted molar refractivity (Wildman–Crippen MR) is 55.0 cm³/mol. The summed E-state index contributed by atoms with van der Waals surface area (Å²) in [6.07, 6.45) is 7.79. The van der Waals surface area contributed by atoms with E-state index in [1.165, 1.54) is 25.6 Å². The summed E-state index contributed by atoms with van der Waals surface area (Å²) in [6.45, 7) is 0. The van der Waals surface area contributed by atoms with Crippen LogP contribution in [0.5, 0.6) is 6.01 Å². The van der Waals surface area contributed by atoms with Gasteiger partial charge in [-0.1, -0.05) is 6.42 Å². The van der Waals surface area contributed by atoms with Crippen LogP contribution >= 0.6 is 15.9 Å². The quantitative estimate of drug-likeness (QED) is 0.816. The molecule has 1 aromatic rings. The second-order valence-corrected chi connectivity index (χ2v) is 4.12. The largest absolute Gasteiger partial charge is 0.460 e. The van der Waals surface area contributed by atoms with Gasteiger partial charge in [0.1, 0.15) is 12.4 Å². The Morgan fingerprint density at radius 1 is 1.21 bits per heavy atom. The SMILES string of the molecule is Brc1ncnc(OC2CCCCC2)n1. The van der Waals surface area contributed by atoms with Crippen molar-refractivity contribution in [1.82, 2.24) is 15.0 Å². The first-order valence-corrected chi connectivity index (χ1v) is 5.65. The van der Waals surface area contributed by atoms with E-state index in [1.54, 1.807) is 0 Å². The van der Waals surface area contributed by atoms with E-state index in [2.05, 4.69) is 30.9 Å². The smallest absolute Gasteiger partial charge is 0.320 e. The van der Waals surface area contributed by atoms with Crippen LogP contribution in [-0.2, 0) is 0 Å². The van der Waals surface area contributed by atoms with Gasteiger partial charge in [-0.3, -0.25) is 0 Å². The average molecular weight is 258 g/mol. The van der Waals surface area contributed by atoms with Gasteiger partial charge in [0.15, 0.2) is 0 Å². The Morgan fingerprint density at radius 2 is 2.00 bits per heavy atom. The van der Waals surface area contributed by atoms with Gasteiger partial charge in [-0.15, -0.1) is 0 Å². The second kappa shape index (κ2) is 4.68. The molecule has 0 spiro atoms. The summed E-state index contributed by atoms with van der Waals surface area (Å²) in [4.78, 5) is 11.8. The molecule has 1 aliphatic rings. The molecular formula is C9H12BrN3O. The maximum absolute atomic E-state index is 5.64. The van der Waals surface area contributed by atoms with Crippen molar-refractivity contribution in [3.05, 3.63) is 11.1 Å². The maximum atomic E-state index is 5.64. The van der Waals surface area contributed by atoms with Gasteiger partial charge in [0, 0.05) is 0 Å². The van der Waals surface area contributed by atoms with E-state index >= 15 is 0 Å². The van der Waals surface area contributed by atoms with Crippen LogP contribution in [0.2, 0.25) is 0 Å². The highest BCUT2D eigenvalue weighted by Crippen LogP contribution is 2.21. The molecule has 0 aromatic carbocycles. The zero-order chi connectivity index (χ0) is 9.80. The fraction of sp³-hybridized carbons (Fsp3) is 0.667. The molecule has 1 fully saturated rings. The predicted octanol–water partition coefficient (Wildman–Crippen LogP) is 2.35. The van der Waals surface area contributed by atoms with Crippen molar-refractivity contribution in [2.45, 2.75) is 38.2 Å². The normalized spacial score (nSPS) is 18.1. The average Bonchev–Trinajstić information content (AvgIpc) is 2.19. The van der Waals surface area contributed by atoms with Gasteiger partial charge in [-0.05, 0) is 41.6 Å². The molecule has 0 N–H and O–H groups in total. The summed E-state index contributed by atoms with van der Waals surface area (Å²) in [5, 5.41) is 0. The third-order valence-electron chi connectivity index (χ3n) is 2.34. The van der Waals surface area contributed by atoms with Gasteiger partial charge >= 0.3 is 6.01 Å². The minimum Gasteiger partial charge on any atom is -0.460 e. The lowest BCUT2D eigenvalue weighted by atomic mass is 9.98. The molecule has 76 valence electrons. The molecule has 1 saturated carbocycles. The third-order valence-corrected chi connectivity index (χ3v) is 2.73. The number of nitrogens with zero attached hydrogens (tertiary/aromatic N) is 3. The van der Waals surface area contributed by atoms with Gasteiger partial charge in [-0.25, -0.2) is 4.98 Å². The zero-order valence-corrected chi connectivity index (χ0v) is 9.40. The highest BCUT2D eigenvalue weighted by Gasteiger charge is 2.15. The molecule has 1 heterocycles. The van der Waals surface area contributed by atoms with E-state index in [0.29, 0.717) is 10.7 Å². The first kappa shape index (κ1) is 9.83. The van der Waals surface area contributed by atoms with E-state index in [9.17, 15) is 0 Å². The van der Waals surface area contributed by atoms with Crippen molar-refractivity contribution in [3.63, 3.8) is 0 Å². The number of hydrogen-bond acceptors (Lipinski definition) is 4. The van der Waals surface area contributed by atoms with Crippen molar-refractivity contribution in [2.24, 2.45) is 0 Å². The van der Waals surface area contributed by atoms with Crippen LogP contribution in [0.4, 0.5) is 0 Å². The van der Waals surface area contributed by atoms with Gasteiger partial charge in [0.05, 0.1) is 0 Å². The van der Waals surface area contributed by atoms with Crippen molar-refractivity contribution in [2.75, 3.05) is 0 Å². The Balaban J connectivity index is 1.95. The number of aromatic nitrogens is 3. The molecule has 0 amide bonds. The van der Waals surface area contributed by atoms with Crippen LogP contribution in [0.3, 0.4) is 0 Å². The summed E-state index contributed by atoms with van der Waals surface area (Å²) < 4.78 is 6.17. The molecule has 5 heteroatoms. The van der Waals surface area contributed by atoms with Crippen LogP contribution in [0, 0.1) is 0 Å². The molecule has 4 nitrogen and oxygen atoms in total. The van der Waals surface area contributed by atoms with E-state index in [1.807, 2.05) is 0 Å². The Kier molecular flexibility index (Phi) is 3.29. The van der Waals surface area contributed by atoms with Gasteiger partial charge in [0.2, 0.25) is 4.73 Å². The van der Waals surface area contributed by atoms with Crippen LogP contribution < -0.4 is 4.74 Å². The summed E-state index contributed by atoms with van der Waals surface area (Å²) in [7, 11) is 0. The van der Waals surface area contributed by atoms with Crippen LogP contribution in [0.25, 0.3) is 0 Å². The molecule has 0 unspecified atom stereocenters. The van der Waals surface area contributed by atoms with Crippen molar-refractivity contribution < 1.29 is 4.74 Å². The van der Waals surface area contributed by atoms with Gasteiger partial charge in [-0.2, -0.15) is 9.97 Å². The molecule has 0 aliphatic heterocycles. The fourth-order valence-corrected chi connectivity index (χ4v) is 1.89. The second-order valence-electron chi connectivity index (χ2n) is 3.41. The number of halogens is 1. The molecule has 1 aliphatic carbocycles. The van der Waals surface area contributed by atoms with E-state index in [-0.39, 0.29) is 6.10 Å². The summed E-state index contributed by atoms with van der Waals surface area (Å²) in [6, 6.07) is 0.429. The van der Waals surface area contributed by atoms with E-state index in [4.69, 9.17) is 4.74 Å². The first-order chi connectivity index (χ1) is 6.84. The topological polar surface area (TPSA) is 47.9 Å². The Hall–Kier alpha value is -0.710. The zero-order valence-electron chi connectivity index (χ0n) is 7.82. The molecule has 0 bridgehead atoms. The van der Waals surface area contributed by atoms with Crippen molar-refractivity contribution in [3.8, 4) is 6.01 Å². The first-order valence-electron chi connectivity index (χ1n) is 4.86. The Bertz CT molecular complexity index is 302. The van der Waals surface area contributed by atoms with E-state index < -0.39 is 0 Å². The molecule has 14 heavy (non-hydrogen) atoms. The summed E-state index contributed by atoms with van der Waals surface area (Å²) in [5.41, 5.74) is 0. The lowest BCUT2D eigenvalue weighted by molar-refractivity contribution is 0.141. The van der Waals surface area contributed by atoms with Crippen LogP contribution in [0.1, 0.15) is 32.1 Å². The number of rotatable bonds is 2. The third kappa shape index (κ3) is 2.64. The highest BCUT2D eigenvalue weighted by atomic mass is 79.9. The number of hydrogen-bond donors (Lipinski definition) is 0. The van der Waals surface area contributed by atoms with Crippen molar-refractivity contribution >= 4 is 15.9 Å². The lowest BCUT2D eigenvalue weighted by Gasteiger charge is -2.21. The standard InChI is InChI=1S/C9H12BrN3O/c10-8-11-6-12-9(13-8)14-7-4-2-1-3-5-7/h6-7H,1-5H2. The van der Waals surface area contributed by atoms with Crippen LogP contribution in [-0.4, -0.2) is 21.1 Å². The minimum absolute atomic E-state index is 0.290. The molecule has 0 atom stereocenters. The van der Waals surface area contributed by atoms with Crippen molar-refractivity contribution in [1.29, 1.82) is 0 Å². The lowest BCUT2D eigenvalue weighted by Crippen LogP contribution is -2.20. The fourth-order valence-electron chi connectivity index (χ4n) is 1.65.